The van der Waals surface area contributed by atoms with Gasteiger partial charge in [0, 0.05) is 11.3 Å². The zero-order valence-corrected chi connectivity index (χ0v) is 25.3. The Morgan fingerprint density at radius 3 is 2.65 bits per heavy atom. The molecule has 0 saturated carbocycles. The molecule has 4 heterocycles. The molecule has 3 N–H and O–H groups in total. The third-order valence-corrected chi connectivity index (χ3v) is 7.91. The number of carbonyl (C=O) groups is 1. The number of fused-ring (bicyclic) bond motifs is 2. The van der Waals surface area contributed by atoms with Crippen molar-refractivity contribution >= 4 is 23.1 Å². The Kier molecular flexibility index (Phi) is 7.51. The molecule has 11 nitrogen and oxygen atoms in total. The number of hydrogen-bond donors (Lipinski definition) is 3. The molecular formula is C32H39N8O3+. The van der Waals surface area contributed by atoms with E-state index in [-0.39, 0.29) is 36.1 Å². The van der Waals surface area contributed by atoms with Gasteiger partial charge >= 0.3 is 6.03 Å². The van der Waals surface area contributed by atoms with Crippen LogP contribution in [0.25, 0.3) is 5.65 Å². The maximum Gasteiger partial charge on any atom is 0.407 e. The van der Waals surface area contributed by atoms with E-state index in [1.54, 1.807) is 10.9 Å². The van der Waals surface area contributed by atoms with Crippen LogP contribution in [0.4, 0.5) is 10.5 Å². The summed E-state index contributed by atoms with van der Waals surface area (Å²) in [7, 11) is 0. The summed E-state index contributed by atoms with van der Waals surface area (Å²) < 4.78 is 12.2. The summed E-state index contributed by atoms with van der Waals surface area (Å²) >= 11 is 0. The van der Waals surface area contributed by atoms with Gasteiger partial charge in [-0.1, -0.05) is 58.9 Å². The number of hydrogen-bond acceptors (Lipinski definition) is 6. The summed E-state index contributed by atoms with van der Waals surface area (Å²) in [6.45, 7) is 11.0. The number of benzene rings is 1. The number of ether oxygens (including phenoxy) is 1. The third kappa shape index (κ3) is 5.64. The summed E-state index contributed by atoms with van der Waals surface area (Å²) in [6, 6.07) is 11.6. The Morgan fingerprint density at radius 2 is 1.91 bits per heavy atom. The Bertz CT molecular complexity index is 1730. The number of nitrogens with zero attached hydrogens (tertiary/aromatic N) is 6. The van der Waals surface area contributed by atoms with Crippen LogP contribution < -0.4 is 15.4 Å². The lowest BCUT2D eigenvalue weighted by Crippen LogP contribution is -2.46. The van der Waals surface area contributed by atoms with Crippen LogP contribution in [0.3, 0.4) is 0 Å². The van der Waals surface area contributed by atoms with E-state index < -0.39 is 0 Å². The summed E-state index contributed by atoms with van der Waals surface area (Å²) in [5, 5.41) is 28.5. The molecule has 2 unspecified atom stereocenters. The Balaban J connectivity index is 1.16. The number of amides is 2. The summed E-state index contributed by atoms with van der Waals surface area (Å²) in [6.07, 6.45) is 8.92. The van der Waals surface area contributed by atoms with Gasteiger partial charge in [0.2, 0.25) is 0 Å². The molecule has 4 aromatic rings. The van der Waals surface area contributed by atoms with E-state index in [2.05, 4.69) is 72.7 Å². The molecule has 2 amide bonds. The van der Waals surface area contributed by atoms with Gasteiger partial charge in [-0.15, -0.1) is 10.2 Å². The first kappa shape index (κ1) is 28.6. The van der Waals surface area contributed by atoms with Crippen LogP contribution >= 0.6 is 0 Å². The zero-order valence-electron chi connectivity index (χ0n) is 25.3. The number of aromatic nitrogens is 5. The van der Waals surface area contributed by atoms with Crippen molar-refractivity contribution < 1.29 is 19.2 Å². The fraction of sp³-hybridized carbons (Fsp3) is 0.406. The largest absolute Gasteiger partial charge is 0.484 e. The molecule has 0 spiro atoms. The Labute approximate surface area is 250 Å². The van der Waals surface area contributed by atoms with Gasteiger partial charge in [-0.2, -0.15) is 15.0 Å². The topological polar surface area (TPSA) is 122 Å². The van der Waals surface area contributed by atoms with Crippen LogP contribution in [0.2, 0.25) is 0 Å². The van der Waals surface area contributed by atoms with Crippen molar-refractivity contribution in [1.82, 2.24) is 35.0 Å². The van der Waals surface area contributed by atoms with Gasteiger partial charge in [-0.3, -0.25) is 9.08 Å². The van der Waals surface area contributed by atoms with Crippen LogP contribution in [-0.2, 0) is 6.54 Å². The van der Waals surface area contributed by atoms with E-state index in [4.69, 9.17) is 4.74 Å². The van der Waals surface area contributed by atoms with Crippen LogP contribution in [0.5, 0.6) is 5.75 Å². The van der Waals surface area contributed by atoms with Crippen LogP contribution in [-0.4, -0.2) is 52.4 Å². The van der Waals surface area contributed by atoms with Gasteiger partial charge in [0.25, 0.3) is 5.82 Å². The van der Waals surface area contributed by atoms with E-state index in [9.17, 15) is 9.90 Å². The molecule has 0 fully saturated rings. The van der Waals surface area contributed by atoms with Crippen molar-refractivity contribution in [2.75, 3.05) is 6.61 Å². The summed E-state index contributed by atoms with van der Waals surface area (Å²) in [5.74, 6) is 2.57. The van der Waals surface area contributed by atoms with Crippen molar-refractivity contribution in [3.63, 3.8) is 0 Å². The van der Waals surface area contributed by atoms with Crippen LogP contribution in [0, 0.1) is 5.41 Å². The van der Waals surface area contributed by atoms with Crippen molar-refractivity contribution in [1.29, 1.82) is 0 Å². The van der Waals surface area contributed by atoms with E-state index in [0.29, 0.717) is 12.4 Å². The van der Waals surface area contributed by atoms with Crippen molar-refractivity contribution in [3.05, 3.63) is 83.8 Å². The number of aliphatic hydroxyl groups is 1. The van der Waals surface area contributed by atoms with Crippen LogP contribution in [0.1, 0.15) is 82.5 Å². The third-order valence-electron chi connectivity index (χ3n) is 7.91. The fourth-order valence-electron chi connectivity index (χ4n) is 5.79. The number of aliphatic hydroxyl groups excluding tert-OH is 1. The number of urea groups is 1. The molecule has 0 radical (unpaired) electrons. The highest BCUT2D eigenvalue weighted by molar-refractivity contribution is 6.00. The minimum atomic E-state index is -0.273. The highest BCUT2D eigenvalue weighted by atomic mass is 16.5. The van der Waals surface area contributed by atoms with Gasteiger partial charge in [0.05, 0.1) is 43.9 Å². The Morgan fingerprint density at radius 1 is 1.12 bits per heavy atom. The van der Waals surface area contributed by atoms with Crippen molar-refractivity contribution in [3.8, 4) is 5.75 Å². The molecule has 2 atom stereocenters. The second kappa shape index (κ2) is 11.3. The first-order valence-corrected chi connectivity index (χ1v) is 14.8. The van der Waals surface area contributed by atoms with Gasteiger partial charge < -0.3 is 15.2 Å². The fourth-order valence-corrected chi connectivity index (χ4v) is 5.79. The summed E-state index contributed by atoms with van der Waals surface area (Å²) in [5.41, 5.74) is 4.68. The highest BCUT2D eigenvalue weighted by Crippen LogP contribution is 2.39. The SMILES string of the molecule is CC(C)c1nnc2ccc(OC3CCC(NC(=O)NC4=CC(C(C)(C)C)=[N+]4c4cnn(CCO)c4)c4ccccc43)cn12. The molecule has 1 aromatic carbocycles. The highest BCUT2D eigenvalue weighted by Gasteiger charge is 2.38. The van der Waals surface area contributed by atoms with Crippen molar-refractivity contribution in [2.45, 2.75) is 72.1 Å². The second-order valence-electron chi connectivity index (χ2n) is 12.5. The quantitative estimate of drug-likeness (QED) is 0.252. The lowest BCUT2D eigenvalue weighted by atomic mass is 9.85. The minimum Gasteiger partial charge on any atom is -0.484 e. The number of nitrogens with one attached hydrogen (secondary N) is 2. The Hall–Kier alpha value is -4.51. The van der Waals surface area contributed by atoms with Gasteiger partial charge in [-0.25, -0.2) is 4.79 Å². The van der Waals surface area contributed by atoms with E-state index >= 15 is 0 Å². The second-order valence-corrected chi connectivity index (χ2v) is 12.5. The van der Waals surface area contributed by atoms with Gasteiger partial charge in [0.1, 0.15) is 23.4 Å². The van der Waals surface area contributed by atoms with E-state index in [1.165, 1.54) is 0 Å². The molecular weight excluding hydrogens is 544 g/mol. The molecule has 43 heavy (non-hydrogen) atoms. The number of allylic oxidation sites excluding steroid dienone is 1. The van der Waals surface area contributed by atoms with E-state index in [1.807, 2.05) is 51.7 Å². The molecule has 0 saturated heterocycles. The van der Waals surface area contributed by atoms with Gasteiger partial charge in [-0.05, 0) is 36.1 Å². The first-order valence-electron chi connectivity index (χ1n) is 14.8. The predicted octanol–water partition coefficient (Wildman–Crippen LogP) is 4.98. The number of pyridine rings is 1. The molecule has 2 aliphatic rings. The molecule has 1 aliphatic carbocycles. The normalized spacial score (nSPS) is 18.3. The zero-order chi connectivity index (χ0) is 30.3. The smallest absolute Gasteiger partial charge is 0.407 e. The maximum atomic E-state index is 13.3. The lowest BCUT2D eigenvalue weighted by molar-refractivity contribution is -0.406. The molecule has 6 rings (SSSR count). The maximum absolute atomic E-state index is 13.3. The molecule has 11 heteroatoms. The number of rotatable bonds is 8. The average Bonchev–Trinajstić information content (AvgIpc) is 3.58. The van der Waals surface area contributed by atoms with Crippen LogP contribution in [0.15, 0.2) is 66.9 Å². The lowest BCUT2D eigenvalue weighted by Gasteiger charge is -2.32. The van der Waals surface area contributed by atoms with Crippen molar-refractivity contribution in [2.24, 2.45) is 5.41 Å². The molecule has 224 valence electrons. The standard InChI is InChI=1S/C32H38N8O3/c1-20(2)30-37-36-28-13-10-22(19-39(28)30)43-26-12-11-25(23-8-6-7-9-24(23)26)34-31(42)35-29-16-27(32(3,4)5)40(29)21-17-33-38(18-21)14-15-41/h6-10,13,16-20,25-26,41H,11-12,14-15H2,1-5H3,(H,34,42)/p+1. The monoisotopic (exact) mass is 583 g/mol. The molecule has 0 bridgehead atoms. The molecule has 3 aromatic heterocycles. The summed E-state index contributed by atoms with van der Waals surface area (Å²) in [4.78, 5) is 13.3. The molecule has 1 aliphatic heterocycles. The first-order chi connectivity index (χ1) is 20.6. The van der Waals surface area contributed by atoms with Gasteiger partial charge in [0.15, 0.2) is 11.3 Å². The minimum absolute atomic E-state index is 0.00542. The number of carbonyl (C=O) groups excluding carboxylic acids is 1. The predicted molar refractivity (Wildman–Crippen MR) is 162 cm³/mol. The van der Waals surface area contributed by atoms with E-state index in [0.717, 1.165) is 52.6 Å². The average molecular weight is 584 g/mol.